The summed E-state index contributed by atoms with van der Waals surface area (Å²) < 4.78 is 0. The van der Waals surface area contributed by atoms with Crippen LogP contribution in [0.25, 0.3) is 0 Å². The van der Waals surface area contributed by atoms with Crippen LogP contribution >= 0.6 is 0 Å². The zero-order chi connectivity index (χ0) is 18.2. The van der Waals surface area contributed by atoms with Crippen LogP contribution in [0.2, 0.25) is 25.3 Å². The maximum atomic E-state index is 2.47. The molecule has 10 heteroatoms. The third-order valence-electron chi connectivity index (χ3n) is 6.18. The minimum Gasteiger partial charge on any atom is -0.0897 e. The van der Waals surface area contributed by atoms with E-state index in [2.05, 4.69) is 44.8 Å². The van der Waals surface area contributed by atoms with Crippen molar-refractivity contribution in [2.45, 2.75) is 90.5 Å². The first-order valence-corrected chi connectivity index (χ1v) is 11.6. The van der Waals surface area contributed by atoms with Gasteiger partial charge in [-0.25, -0.2) is 0 Å². The quantitative estimate of drug-likeness (QED) is 0.251. The van der Waals surface area contributed by atoms with Gasteiger partial charge < -0.3 is 0 Å². The Morgan fingerprint density at radius 2 is 1.42 bits per heavy atom. The Kier molecular flexibility index (Phi) is 17.5. The predicted molar refractivity (Wildman–Crippen MR) is 139 cm³/mol. The van der Waals surface area contributed by atoms with Crippen LogP contribution in [-0.4, -0.2) is 71.0 Å². The summed E-state index contributed by atoms with van der Waals surface area (Å²) in [7, 11) is 12.6. The maximum Gasteiger partial charge on any atom is 0.0823 e. The van der Waals surface area contributed by atoms with Crippen molar-refractivity contribution < 1.29 is 0 Å². The Bertz CT molecular complexity index is 266. The van der Waals surface area contributed by atoms with Crippen LogP contribution in [0.5, 0.6) is 0 Å². The van der Waals surface area contributed by atoms with Crippen molar-refractivity contribution in [3.8, 4) is 0 Å². The molecule has 0 aliphatic heterocycles. The van der Waals surface area contributed by atoms with Gasteiger partial charge in [0.25, 0.3) is 0 Å². The topological polar surface area (TPSA) is 0 Å². The number of hydrogen-bond donors (Lipinski definition) is 0. The van der Waals surface area contributed by atoms with Crippen molar-refractivity contribution in [1.29, 1.82) is 0 Å². The lowest BCUT2D eigenvalue weighted by atomic mass is 8.72. The second-order valence-electron chi connectivity index (χ2n) is 8.81. The van der Waals surface area contributed by atoms with Crippen molar-refractivity contribution >= 4 is 71.0 Å². The van der Waals surface area contributed by atoms with Crippen LogP contribution < -0.4 is 0 Å². The second-order valence-corrected chi connectivity index (χ2v) is 8.81. The highest BCUT2D eigenvalue weighted by molar-refractivity contribution is 7.78. The first-order valence-electron chi connectivity index (χ1n) is 11.6. The molecule has 0 aliphatic carbocycles. The van der Waals surface area contributed by atoms with Gasteiger partial charge in [-0.15, -0.1) is 0 Å². The number of unbranched alkanes of at least 4 members (excludes halogenated alkanes) is 5. The Balaban J connectivity index is 3.72. The Morgan fingerprint density at radius 3 is 1.96 bits per heavy atom. The fourth-order valence-electron chi connectivity index (χ4n) is 4.48. The number of rotatable bonds is 17. The highest BCUT2D eigenvalue weighted by Gasteiger charge is 2.28. The first kappa shape index (κ1) is 24.6. The lowest BCUT2D eigenvalue weighted by Crippen LogP contribution is -2.53. The molecule has 0 aromatic carbocycles. The van der Waals surface area contributed by atoms with E-state index in [1.54, 1.807) is 0 Å². The molecule has 0 fully saturated rings. The van der Waals surface area contributed by atoms with Crippen molar-refractivity contribution in [1.82, 2.24) is 0 Å². The van der Waals surface area contributed by atoms with E-state index in [1.807, 2.05) is 0 Å². The molecule has 0 heterocycles. The van der Waals surface area contributed by atoms with Gasteiger partial charge in [-0.3, -0.25) is 0 Å². The summed E-state index contributed by atoms with van der Waals surface area (Å²) in [4.78, 5) is 0. The Morgan fingerprint density at radius 1 is 0.750 bits per heavy atom. The summed E-state index contributed by atoms with van der Waals surface area (Å²) in [5.74, 6) is 0. The molecule has 0 nitrogen and oxygen atoms in total. The summed E-state index contributed by atoms with van der Waals surface area (Å²) in [6, 6.07) is 0. The molecule has 0 aromatic rings. The average molecular weight is 317 g/mol. The summed E-state index contributed by atoms with van der Waals surface area (Å²) in [6.07, 6.45) is 18.2. The molecule has 0 unspecified atom stereocenters. The fourth-order valence-corrected chi connectivity index (χ4v) is 4.48. The van der Waals surface area contributed by atoms with E-state index in [1.165, 1.54) is 90.9 Å². The minimum atomic E-state index is 0.864. The molecule has 0 amide bonds. The normalized spacial score (nSPS) is 10.2. The van der Waals surface area contributed by atoms with Crippen molar-refractivity contribution in [3.63, 3.8) is 0 Å². The highest BCUT2D eigenvalue weighted by atomic mass is 13.9. The van der Waals surface area contributed by atoms with Crippen LogP contribution in [0, 0.1) is 0 Å². The van der Waals surface area contributed by atoms with Crippen LogP contribution in [0.15, 0.2) is 0 Å². The molecule has 0 aliphatic rings. The van der Waals surface area contributed by atoms with Crippen LogP contribution in [0.3, 0.4) is 0 Å². The third kappa shape index (κ3) is 12.9. The molecular weight excluding hydrogens is 276 g/mol. The van der Waals surface area contributed by atoms with E-state index >= 15 is 0 Å². The van der Waals surface area contributed by atoms with Crippen LogP contribution in [-0.2, 0) is 0 Å². The largest absolute Gasteiger partial charge is 0.0897 e. The zero-order valence-electron chi connectivity index (χ0n) is 18.2. The van der Waals surface area contributed by atoms with Gasteiger partial charge in [0, 0.05) is 13.4 Å². The van der Waals surface area contributed by atoms with Crippen LogP contribution in [0.4, 0.5) is 0 Å². The lowest BCUT2D eigenvalue weighted by Gasteiger charge is -2.23. The molecule has 0 spiro atoms. The molecule has 0 rings (SSSR count). The highest BCUT2D eigenvalue weighted by Crippen LogP contribution is 2.13. The molecule has 0 N–H and O–H groups in total. The second kappa shape index (κ2) is 17.1. The zero-order valence-corrected chi connectivity index (χ0v) is 18.2. The molecule has 0 saturated carbocycles. The summed E-state index contributed by atoms with van der Waals surface area (Å²) >= 11 is 0. The van der Waals surface area contributed by atoms with E-state index in [9.17, 15) is 0 Å². The van der Waals surface area contributed by atoms with Gasteiger partial charge in [0.2, 0.25) is 0 Å². The smallest absolute Gasteiger partial charge is 0.0823 e. The molecule has 0 aromatic heterocycles. The molecule has 0 saturated heterocycles. The van der Waals surface area contributed by atoms with Gasteiger partial charge in [0.1, 0.15) is 0 Å². The minimum absolute atomic E-state index is 0.864. The van der Waals surface area contributed by atoms with Gasteiger partial charge in [0.15, 0.2) is 0 Å². The molecule has 0 bridgehead atoms. The van der Waals surface area contributed by atoms with Crippen molar-refractivity contribution in [2.75, 3.05) is 0 Å². The third-order valence-corrected chi connectivity index (χ3v) is 6.18. The molecule has 0 radical (unpaired) electrons. The summed E-state index contributed by atoms with van der Waals surface area (Å²) in [5, 5.41) is 0. The van der Waals surface area contributed by atoms with Crippen LogP contribution in [0.1, 0.15) is 65.2 Å². The monoisotopic (exact) mass is 318 g/mol. The Labute approximate surface area is 161 Å². The lowest BCUT2D eigenvalue weighted by molar-refractivity contribution is 0.699. The predicted octanol–water partition coefficient (Wildman–Crippen LogP) is -0.495. The van der Waals surface area contributed by atoms with E-state index in [0.717, 1.165) is 25.9 Å². The van der Waals surface area contributed by atoms with E-state index < -0.39 is 0 Å². The van der Waals surface area contributed by atoms with E-state index in [-0.39, 0.29) is 0 Å². The summed E-state index contributed by atoms with van der Waals surface area (Å²) in [5.41, 5.74) is 0. The van der Waals surface area contributed by atoms with Gasteiger partial charge in [-0.1, -0.05) is 90.5 Å². The van der Waals surface area contributed by atoms with Crippen molar-refractivity contribution in [2.24, 2.45) is 0 Å². The molecule has 0 atom stereocenters. The molecule has 24 heavy (non-hydrogen) atoms. The SMILES string of the molecule is BBB(CCCCCCB(B)BCCCCC)B(CCC)B(B)B. The fraction of sp³-hybridized carbons (Fsp3) is 1.00. The molecular formula is C14H40B10. The summed E-state index contributed by atoms with van der Waals surface area (Å²) in [6.45, 7) is 7.55. The van der Waals surface area contributed by atoms with Gasteiger partial charge in [0.05, 0.1) is 57.6 Å². The standard InChI is InChI=1S/C14H40B10/c1-3-5-8-11-19-21(16)13-9-6-7-10-14-22(20-15)23(12-4-2)24(17)18/h19-20H,3-18H2,1-2H3. The van der Waals surface area contributed by atoms with Crippen molar-refractivity contribution in [3.05, 3.63) is 0 Å². The Hall–Kier alpha value is 0.649. The average Bonchev–Trinajstić information content (AvgIpc) is 2.56. The maximum absolute atomic E-state index is 2.47. The number of hydrogen-bond acceptors (Lipinski definition) is 0. The van der Waals surface area contributed by atoms with E-state index in [4.69, 9.17) is 0 Å². The van der Waals surface area contributed by atoms with E-state index in [0.29, 0.717) is 0 Å². The first-order chi connectivity index (χ1) is 11.6. The van der Waals surface area contributed by atoms with Gasteiger partial charge in [-0.05, 0) is 0 Å². The van der Waals surface area contributed by atoms with Gasteiger partial charge in [-0.2, -0.15) is 0 Å². The van der Waals surface area contributed by atoms with Gasteiger partial charge >= 0.3 is 0 Å². The molecule has 126 valence electrons.